The van der Waals surface area contributed by atoms with Crippen molar-refractivity contribution in [2.24, 2.45) is 0 Å². The molecule has 1 unspecified atom stereocenters. The lowest BCUT2D eigenvalue weighted by Gasteiger charge is -2.23. The number of rotatable bonds is 5. The second-order valence-corrected chi connectivity index (χ2v) is 8.73. The number of ketones is 1. The molecule has 4 aromatic rings. The number of amides is 1. The Morgan fingerprint density at radius 1 is 0.944 bits per heavy atom. The van der Waals surface area contributed by atoms with Gasteiger partial charge in [0.1, 0.15) is 5.76 Å². The number of aliphatic hydroxyl groups is 1. The quantitative estimate of drug-likeness (QED) is 0.240. The number of aromatic amines is 1. The molecule has 8 heteroatoms. The van der Waals surface area contributed by atoms with Crippen LogP contribution in [0.15, 0.2) is 66.2 Å². The Hall–Kier alpha value is -4.59. The molecule has 5 rings (SSSR count). The Balaban J connectivity index is 1.72. The van der Waals surface area contributed by atoms with Crippen LogP contribution in [0.1, 0.15) is 28.3 Å². The molecule has 0 aliphatic carbocycles. The molecule has 1 amide bonds. The topological polar surface area (TPSA) is 105 Å². The highest BCUT2D eigenvalue weighted by atomic mass is 16.5. The summed E-state index contributed by atoms with van der Waals surface area (Å²) in [5.74, 6) is -0.640. The van der Waals surface area contributed by atoms with E-state index in [1.54, 1.807) is 24.3 Å². The van der Waals surface area contributed by atoms with Crippen LogP contribution in [0.25, 0.3) is 16.8 Å². The van der Waals surface area contributed by atoms with Crippen molar-refractivity contribution in [1.29, 1.82) is 0 Å². The molecule has 1 fully saturated rings. The second-order valence-electron chi connectivity index (χ2n) is 8.73. The molecule has 182 valence electrons. The van der Waals surface area contributed by atoms with Crippen LogP contribution in [-0.2, 0) is 9.59 Å². The number of carbonyl (C=O) groups excluding carboxylic acids is 2. The summed E-state index contributed by atoms with van der Waals surface area (Å²) >= 11 is 0. The molecule has 1 atom stereocenters. The average molecular weight is 484 g/mol. The van der Waals surface area contributed by atoms with Crippen molar-refractivity contribution < 1.29 is 24.2 Å². The number of carbonyl (C=O) groups is 2. The molecule has 0 radical (unpaired) electrons. The predicted octanol–water partition coefficient (Wildman–Crippen LogP) is 4.82. The Bertz CT molecular complexity index is 1490. The van der Waals surface area contributed by atoms with Crippen LogP contribution in [-0.4, -0.2) is 41.0 Å². The SMILES string of the molecule is COc1cc2nc(N3C(=O)C(=O)/C(=C(/O)c4ccc(C)cc4)C3c3cccc(C)c3)[nH]c2cc1OC. The summed E-state index contributed by atoms with van der Waals surface area (Å²) in [5.41, 5.74) is 4.24. The van der Waals surface area contributed by atoms with Gasteiger partial charge >= 0.3 is 5.91 Å². The maximum Gasteiger partial charge on any atom is 0.302 e. The lowest BCUT2D eigenvalue weighted by atomic mass is 9.94. The van der Waals surface area contributed by atoms with E-state index in [0.717, 1.165) is 11.1 Å². The van der Waals surface area contributed by atoms with E-state index in [1.807, 2.05) is 50.2 Å². The number of nitrogens with one attached hydrogen (secondary N) is 1. The number of anilines is 1. The van der Waals surface area contributed by atoms with Crippen molar-refractivity contribution in [3.63, 3.8) is 0 Å². The van der Waals surface area contributed by atoms with Crippen molar-refractivity contribution in [3.8, 4) is 11.5 Å². The molecule has 3 aromatic carbocycles. The van der Waals surface area contributed by atoms with Gasteiger partial charge in [-0.15, -0.1) is 0 Å². The number of hydrogen-bond donors (Lipinski definition) is 2. The van der Waals surface area contributed by atoms with E-state index in [0.29, 0.717) is 33.7 Å². The minimum atomic E-state index is -0.879. The molecule has 8 nitrogen and oxygen atoms in total. The molecular weight excluding hydrogens is 458 g/mol. The van der Waals surface area contributed by atoms with Crippen LogP contribution < -0.4 is 14.4 Å². The van der Waals surface area contributed by atoms with Crippen molar-refractivity contribution in [3.05, 3.63) is 88.5 Å². The standard InChI is InChI=1S/C28H25N3O5/c1-15-8-10-17(11-9-15)25(32)23-24(18-7-5-6-16(2)12-18)31(27(34)26(23)33)28-29-19-13-21(35-3)22(36-4)14-20(19)30-28/h5-14,24,32H,1-4H3,(H,29,30)/b25-23+. The summed E-state index contributed by atoms with van der Waals surface area (Å²) in [5, 5.41) is 11.3. The lowest BCUT2D eigenvalue weighted by Crippen LogP contribution is -2.30. The van der Waals surface area contributed by atoms with Gasteiger partial charge in [0.05, 0.1) is 36.9 Å². The zero-order valence-corrected chi connectivity index (χ0v) is 20.3. The summed E-state index contributed by atoms with van der Waals surface area (Å²) in [6.07, 6.45) is 0. The highest BCUT2D eigenvalue weighted by Gasteiger charge is 2.48. The van der Waals surface area contributed by atoms with Crippen molar-refractivity contribution in [2.45, 2.75) is 19.9 Å². The monoisotopic (exact) mass is 483 g/mol. The van der Waals surface area contributed by atoms with Gasteiger partial charge in [0.25, 0.3) is 5.78 Å². The van der Waals surface area contributed by atoms with Gasteiger partial charge < -0.3 is 19.6 Å². The van der Waals surface area contributed by atoms with E-state index in [1.165, 1.54) is 19.1 Å². The molecule has 2 N–H and O–H groups in total. The number of benzene rings is 3. The van der Waals surface area contributed by atoms with E-state index in [-0.39, 0.29) is 17.3 Å². The molecule has 2 heterocycles. The fraction of sp³-hybridized carbons (Fsp3) is 0.179. The number of nitrogens with zero attached hydrogens (tertiary/aromatic N) is 2. The zero-order valence-electron chi connectivity index (χ0n) is 20.3. The van der Waals surface area contributed by atoms with Crippen LogP contribution >= 0.6 is 0 Å². The predicted molar refractivity (Wildman–Crippen MR) is 136 cm³/mol. The fourth-order valence-electron chi connectivity index (χ4n) is 4.51. The molecule has 1 aliphatic rings. The van der Waals surface area contributed by atoms with Gasteiger partial charge in [-0.2, -0.15) is 0 Å². The van der Waals surface area contributed by atoms with Gasteiger partial charge in [-0.1, -0.05) is 59.7 Å². The third-order valence-corrected chi connectivity index (χ3v) is 6.33. The van der Waals surface area contributed by atoms with E-state index >= 15 is 0 Å². The number of aliphatic hydroxyl groups excluding tert-OH is 1. The maximum absolute atomic E-state index is 13.4. The van der Waals surface area contributed by atoms with Crippen molar-refractivity contribution >= 4 is 34.4 Å². The van der Waals surface area contributed by atoms with Gasteiger partial charge in [-0.3, -0.25) is 14.5 Å². The molecule has 1 saturated heterocycles. The van der Waals surface area contributed by atoms with Crippen LogP contribution in [0.5, 0.6) is 11.5 Å². The number of hydrogen-bond acceptors (Lipinski definition) is 6. The van der Waals surface area contributed by atoms with Crippen LogP contribution in [0, 0.1) is 13.8 Å². The maximum atomic E-state index is 13.4. The van der Waals surface area contributed by atoms with E-state index in [9.17, 15) is 14.7 Å². The van der Waals surface area contributed by atoms with Gasteiger partial charge in [0, 0.05) is 17.7 Å². The van der Waals surface area contributed by atoms with Crippen molar-refractivity contribution in [1.82, 2.24) is 9.97 Å². The minimum Gasteiger partial charge on any atom is -0.507 e. The fourth-order valence-corrected chi connectivity index (χ4v) is 4.51. The zero-order chi connectivity index (χ0) is 25.6. The minimum absolute atomic E-state index is 0.00469. The van der Waals surface area contributed by atoms with Gasteiger partial charge in [-0.25, -0.2) is 4.98 Å². The third-order valence-electron chi connectivity index (χ3n) is 6.33. The number of Topliss-reactive ketones (excluding diaryl/α,β-unsaturated/α-hetero) is 1. The summed E-state index contributed by atoms with van der Waals surface area (Å²) in [4.78, 5) is 35.8. The normalized spacial score (nSPS) is 17.1. The molecule has 0 saturated carbocycles. The first-order valence-electron chi connectivity index (χ1n) is 11.4. The number of aryl methyl sites for hydroxylation is 2. The Morgan fingerprint density at radius 3 is 2.31 bits per heavy atom. The smallest absolute Gasteiger partial charge is 0.302 e. The van der Waals surface area contributed by atoms with Crippen LogP contribution in [0.2, 0.25) is 0 Å². The van der Waals surface area contributed by atoms with Crippen molar-refractivity contribution in [2.75, 3.05) is 19.1 Å². The second kappa shape index (κ2) is 8.88. The number of imidazole rings is 1. The third kappa shape index (κ3) is 3.76. The van der Waals surface area contributed by atoms with Gasteiger partial charge in [-0.05, 0) is 19.4 Å². The molecule has 0 spiro atoms. The van der Waals surface area contributed by atoms with E-state index in [4.69, 9.17) is 9.47 Å². The first-order chi connectivity index (χ1) is 17.3. The summed E-state index contributed by atoms with van der Waals surface area (Å²) < 4.78 is 10.8. The first-order valence-corrected chi connectivity index (χ1v) is 11.4. The molecular formula is C28H25N3O5. The average Bonchev–Trinajstić information content (AvgIpc) is 3.40. The number of H-pyrrole nitrogens is 1. The number of aromatic nitrogens is 2. The Kier molecular flexibility index (Phi) is 5.72. The first kappa shape index (κ1) is 23.2. The van der Waals surface area contributed by atoms with Crippen LogP contribution in [0.4, 0.5) is 5.95 Å². The molecule has 1 aliphatic heterocycles. The van der Waals surface area contributed by atoms with E-state index < -0.39 is 17.7 Å². The van der Waals surface area contributed by atoms with E-state index in [2.05, 4.69) is 9.97 Å². The number of fused-ring (bicyclic) bond motifs is 1. The molecule has 0 bridgehead atoms. The molecule has 36 heavy (non-hydrogen) atoms. The summed E-state index contributed by atoms with van der Waals surface area (Å²) in [6, 6.07) is 17.2. The highest BCUT2D eigenvalue weighted by molar-refractivity contribution is 6.51. The van der Waals surface area contributed by atoms with Gasteiger partial charge in [0.15, 0.2) is 11.5 Å². The largest absolute Gasteiger partial charge is 0.507 e. The number of ether oxygens (including phenoxy) is 2. The lowest BCUT2D eigenvalue weighted by molar-refractivity contribution is -0.132. The molecule has 1 aromatic heterocycles. The number of methoxy groups -OCH3 is 2. The highest BCUT2D eigenvalue weighted by Crippen LogP contribution is 2.42. The summed E-state index contributed by atoms with van der Waals surface area (Å²) in [7, 11) is 3.06. The Morgan fingerprint density at radius 2 is 1.64 bits per heavy atom. The van der Waals surface area contributed by atoms with Crippen LogP contribution in [0.3, 0.4) is 0 Å². The Labute approximate surface area is 207 Å². The summed E-state index contributed by atoms with van der Waals surface area (Å²) in [6.45, 7) is 3.86. The van der Waals surface area contributed by atoms with Gasteiger partial charge in [0.2, 0.25) is 5.95 Å².